The van der Waals surface area contributed by atoms with Crippen LogP contribution in [0.2, 0.25) is 0 Å². The number of hydrogen-bond donors (Lipinski definition) is 0. The van der Waals surface area contributed by atoms with E-state index in [4.69, 9.17) is 0 Å². The van der Waals surface area contributed by atoms with E-state index in [9.17, 15) is 0 Å². The zero-order chi connectivity index (χ0) is 11.7. The number of benzene rings is 1. The summed E-state index contributed by atoms with van der Waals surface area (Å²) in [5.74, 6) is 0. The van der Waals surface area contributed by atoms with Crippen molar-refractivity contribution in [2.24, 2.45) is 4.99 Å². The van der Waals surface area contributed by atoms with E-state index < -0.39 is 0 Å². The average molecular weight is 220 g/mol. The Labute approximate surface area is 99.3 Å². The van der Waals surface area contributed by atoms with Gasteiger partial charge in [0.1, 0.15) is 0 Å². The summed E-state index contributed by atoms with van der Waals surface area (Å²) in [5.41, 5.74) is 0.955. The summed E-state index contributed by atoms with van der Waals surface area (Å²) < 4.78 is 0. The topological polar surface area (TPSA) is 25.2 Å². The van der Waals surface area contributed by atoms with Crippen LogP contribution in [0.25, 0.3) is 21.7 Å². The molecular formula is C15H12N2. The Morgan fingerprint density at radius 3 is 2.53 bits per heavy atom. The monoisotopic (exact) mass is 220 g/mol. The third kappa shape index (κ3) is 1.58. The van der Waals surface area contributed by atoms with Gasteiger partial charge in [-0.1, -0.05) is 42.5 Å². The van der Waals surface area contributed by atoms with Crippen LogP contribution in [0, 0.1) is 0 Å². The summed E-state index contributed by atoms with van der Waals surface area (Å²) in [6, 6.07) is 16.5. The fourth-order valence-electron chi connectivity index (χ4n) is 2.14. The van der Waals surface area contributed by atoms with Gasteiger partial charge in [-0.3, -0.25) is 9.98 Å². The molecule has 0 aliphatic rings. The zero-order valence-corrected chi connectivity index (χ0v) is 9.59. The number of hydrogen-bond acceptors (Lipinski definition) is 2. The van der Waals surface area contributed by atoms with Crippen LogP contribution in [-0.4, -0.2) is 12.0 Å². The molecule has 0 amide bonds. The Morgan fingerprint density at radius 2 is 1.65 bits per heavy atom. The molecule has 0 aliphatic carbocycles. The normalized spacial score (nSPS) is 12.2. The first-order chi connectivity index (χ1) is 8.40. The fourth-order valence-corrected chi connectivity index (χ4v) is 2.14. The van der Waals surface area contributed by atoms with Gasteiger partial charge in [-0.15, -0.1) is 0 Å². The highest BCUT2D eigenvalue weighted by Crippen LogP contribution is 2.13. The van der Waals surface area contributed by atoms with Crippen LogP contribution in [-0.2, 0) is 0 Å². The maximum atomic E-state index is 4.45. The highest BCUT2D eigenvalue weighted by Gasteiger charge is 1.99. The lowest BCUT2D eigenvalue weighted by atomic mass is 10.2. The summed E-state index contributed by atoms with van der Waals surface area (Å²) in [7, 11) is 1.82. The molecule has 0 atom stereocenters. The number of rotatable bonds is 0. The molecule has 2 aromatic carbocycles. The van der Waals surface area contributed by atoms with Crippen molar-refractivity contribution in [1.29, 1.82) is 0 Å². The Kier molecular flexibility index (Phi) is 2.33. The van der Waals surface area contributed by atoms with E-state index in [1.54, 1.807) is 0 Å². The smallest absolute Gasteiger partial charge is 0.0960 e. The molecule has 0 unspecified atom stereocenters. The van der Waals surface area contributed by atoms with Gasteiger partial charge in [-0.05, 0) is 11.5 Å². The Balaban J connectivity index is 2.71. The first-order valence-corrected chi connectivity index (χ1v) is 5.60. The van der Waals surface area contributed by atoms with Crippen LogP contribution >= 0.6 is 0 Å². The minimum absolute atomic E-state index is 0.955. The van der Waals surface area contributed by atoms with Gasteiger partial charge in [-0.25, -0.2) is 0 Å². The summed E-state index contributed by atoms with van der Waals surface area (Å²) in [4.78, 5) is 8.85. The molecule has 0 aliphatic heterocycles. The lowest BCUT2D eigenvalue weighted by Crippen LogP contribution is -2.02. The summed E-state index contributed by atoms with van der Waals surface area (Å²) in [6.45, 7) is 0. The maximum Gasteiger partial charge on any atom is 0.0960 e. The van der Waals surface area contributed by atoms with Crippen molar-refractivity contribution >= 4 is 21.7 Å². The molecule has 3 rings (SSSR count). The van der Waals surface area contributed by atoms with E-state index in [1.165, 1.54) is 5.39 Å². The van der Waals surface area contributed by atoms with Crippen molar-refractivity contribution in [3.05, 3.63) is 60.1 Å². The van der Waals surface area contributed by atoms with Crippen LogP contribution in [0.1, 0.15) is 0 Å². The molecule has 3 aromatic rings. The molecule has 1 aromatic heterocycles. The van der Waals surface area contributed by atoms with E-state index in [2.05, 4.69) is 40.3 Å². The van der Waals surface area contributed by atoms with Gasteiger partial charge in [0.25, 0.3) is 0 Å². The molecule has 17 heavy (non-hydrogen) atoms. The van der Waals surface area contributed by atoms with Gasteiger partial charge in [0.15, 0.2) is 0 Å². The first-order valence-electron chi connectivity index (χ1n) is 5.60. The Hall–Kier alpha value is -2.22. The molecule has 0 saturated carbocycles. The van der Waals surface area contributed by atoms with Gasteiger partial charge in [0, 0.05) is 24.0 Å². The predicted octanol–water partition coefficient (Wildman–Crippen LogP) is 2.92. The van der Waals surface area contributed by atoms with Crippen molar-refractivity contribution in [3.8, 4) is 0 Å². The third-order valence-corrected chi connectivity index (χ3v) is 2.95. The Bertz CT molecular complexity index is 699. The second-order valence-electron chi connectivity index (χ2n) is 3.93. The van der Waals surface area contributed by atoms with Gasteiger partial charge in [0.05, 0.1) is 10.9 Å². The van der Waals surface area contributed by atoms with Crippen molar-refractivity contribution in [3.63, 3.8) is 0 Å². The molecule has 2 nitrogen and oxygen atoms in total. The molecule has 0 saturated heterocycles. The van der Waals surface area contributed by atoms with Crippen LogP contribution in [0.3, 0.4) is 0 Å². The standard InChI is InChI=1S/C15H12N2/c1-16-15-13-7-3-2-5-11(13)8-9-12-6-4-10-17-14(12)15/h2-10H,1H3. The maximum absolute atomic E-state index is 4.45. The van der Waals surface area contributed by atoms with Crippen LogP contribution in [0.5, 0.6) is 0 Å². The molecular weight excluding hydrogens is 208 g/mol. The van der Waals surface area contributed by atoms with E-state index in [0.717, 1.165) is 21.6 Å². The SMILES string of the molecule is CN=c1c2ccccc2ccc2cccnc12. The van der Waals surface area contributed by atoms with E-state index in [1.807, 2.05) is 31.4 Å². The molecule has 82 valence electrons. The summed E-state index contributed by atoms with van der Waals surface area (Å²) >= 11 is 0. The largest absolute Gasteiger partial charge is 0.286 e. The van der Waals surface area contributed by atoms with Gasteiger partial charge >= 0.3 is 0 Å². The van der Waals surface area contributed by atoms with Crippen LogP contribution < -0.4 is 5.36 Å². The quantitative estimate of drug-likeness (QED) is 0.572. The molecule has 0 spiro atoms. The summed E-state index contributed by atoms with van der Waals surface area (Å²) in [5, 5.41) is 4.40. The van der Waals surface area contributed by atoms with Crippen molar-refractivity contribution in [2.75, 3.05) is 7.05 Å². The molecule has 1 heterocycles. The van der Waals surface area contributed by atoms with Crippen LogP contribution in [0.15, 0.2) is 59.7 Å². The number of aromatic nitrogens is 1. The van der Waals surface area contributed by atoms with E-state index in [0.29, 0.717) is 0 Å². The predicted molar refractivity (Wildman–Crippen MR) is 70.7 cm³/mol. The van der Waals surface area contributed by atoms with Crippen molar-refractivity contribution < 1.29 is 0 Å². The number of pyridine rings is 1. The van der Waals surface area contributed by atoms with Gasteiger partial charge in [0.2, 0.25) is 0 Å². The molecule has 2 heteroatoms. The summed E-state index contributed by atoms with van der Waals surface area (Å²) in [6.07, 6.45) is 1.81. The molecule has 0 N–H and O–H groups in total. The van der Waals surface area contributed by atoms with E-state index in [-0.39, 0.29) is 0 Å². The second kappa shape index (κ2) is 3.98. The van der Waals surface area contributed by atoms with Gasteiger partial charge < -0.3 is 0 Å². The average Bonchev–Trinajstić information content (AvgIpc) is 2.55. The first kappa shape index (κ1) is 9.97. The minimum atomic E-state index is 0.955. The second-order valence-corrected chi connectivity index (χ2v) is 3.93. The molecule has 0 radical (unpaired) electrons. The third-order valence-electron chi connectivity index (χ3n) is 2.95. The molecule has 0 bridgehead atoms. The van der Waals surface area contributed by atoms with Crippen molar-refractivity contribution in [2.45, 2.75) is 0 Å². The van der Waals surface area contributed by atoms with E-state index >= 15 is 0 Å². The van der Waals surface area contributed by atoms with Crippen molar-refractivity contribution in [1.82, 2.24) is 4.98 Å². The fraction of sp³-hybridized carbons (Fsp3) is 0.0667. The van der Waals surface area contributed by atoms with Crippen LogP contribution in [0.4, 0.5) is 0 Å². The number of fused-ring (bicyclic) bond motifs is 2. The zero-order valence-electron chi connectivity index (χ0n) is 9.59. The number of nitrogens with zero attached hydrogens (tertiary/aromatic N) is 2. The minimum Gasteiger partial charge on any atom is -0.286 e. The highest BCUT2D eigenvalue weighted by atomic mass is 14.7. The molecule has 0 fully saturated rings. The Morgan fingerprint density at radius 1 is 0.882 bits per heavy atom. The highest BCUT2D eigenvalue weighted by molar-refractivity contribution is 5.90. The lowest BCUT2D eigenvalue weighted by Gasteiger charge is -1.93. The van der Waals surface area contributed by atoms with Gasteiger partial charge in [-0.2, -0.15) is 0 Å². The lowest BCUT2D eigenvalue weighted by molar-refractivity contribution is 1.29.